The average molecular weight is 355 g/mol. The molecule has 6 rings (SSSR count). The van der Waals surface area contributed by atoms with Crippen LogP contribution < -0.4 is 5.32 Å². The number of anilines is 1. The number of nitrogens with one attached hydrogen (secondary N) is 1. The molecule has 1 saturated heterocycles. The van der Waals surface area contributed by atoms with Gasteiger partial charge in [-0.15, -0.1) is 0 Å². The van der Waals surface area contributed by atoms with Crippen molar-refractivity contribution in [1.82, 2.24) is 4.90 Å². The number of ether oxygens (including phenoxy) is 1. The van der Waals surface area contributed by atoms with Crippen LogP contribution in [0.5, 0.6) is 0 Å². The van der Waals surface area contributed by atoms with Crippen molar-refractivity contribution >= 4 is 5.69 Å². The Balaban J connectivity index is 1.11. The molecule has 0 radical (unpaired) electrons. The second kappa shape index (κ2) is 7.16. The fraction of sp³-hybridized carbons (Fsp3) is 0.739. The molecule has 0 spiro atoms. The molecular formula is C23H34N2O. The lowest BCUT2D eigenvalue weighted by molar-refractivity contribution is -0.168. The van der Waals surface area contributed by atoms with Crippen molar-refractivity contribution < 1.29 is 4.74 Å². The fourth-order valence-corrected chi connectivity index (χ4v) is 6.53. The molecule has 3 heteroatoms. The van der Waals surface area contributed by atoms with Crippen LogP contribution in [0.1, 0.15) is 56.9 Å². The van der Waals surface area contributed by atoms with Crippen molar-refractivity contribution in [3.05, 3.63) is 29.8 Å². The molecule has 0 aromatic heterocycles. The number of hydrogen-bond donors (Lipinski definition) is 1. The Morgan fingerprint density at radius 1 is 0.923 bits per heavy atom. The molecule has 4 aliphatic carbocycles. The molecule has 142 valence electrons. The van der Waals surface area contributed by atoms with Crippen LogP contribution in [0.3, 0.4) is 0 Å². The monoisotopic (exact) mass is 354 g/mol. The molecule has 1 aromatic rings. The van der Waals surface area contributed by atoms with E-state index in [0.29, 0.717) is 0 Å². The van der Waals surface area contributed by atoms with Gasteiger partial charge in [0.05, 0.1) is 12.2 Å². The van der Waals surface area contributed by atoms with Crippen LogP contribution in [0.15, 0.2) is 24.3 Å². The molecule has 1 heterocycles. The van der Waals surface area contributed by atoms with E-state index in [-0.39, 0.29) is 5.60 Å². The first-order valence-electron chi connectivity index (χ1n) is 11.0. The SMILES string of the molecule is c1cc(NCCN2CCCC2)ccc1COC12CC3CC(CC(C3)C1)C2. The molecule has 3 nitrogen and oxygen atoms in total. The van der Waals surface area contributed by atoms with Crippen molar-refractivity contribution in [3.8, 4) is 0 Å². The van der Waals surface area contributed by atoms with Crippen LogP contribution in [0.2, 0.25) is 0 Å². The fourth-order valence-electron chi connectivity index (χ4n) is 6.53. The average Bonchev–Trinajstić information content (AvgIpc) is 3.13. The zero-order valence-corrected chi connectivity index (χ0v) is 16.1. The van der Waals surface area contributed by atoms with E-state index in [1.54, 1.807) is 0 Å². The maximum Gasteiger partial charge on any atom is 0.0724 e. The molecule has 0 amide bonds. The van der Waals surface area contributed by atoms with Gasteiger partial charge in [-0.3, -0.25) is 0 Å². The minimum absolute atomic E-state index is 0.224. The highest BCUT2D eigenvalue weighted by molar-refractivity contribution is 5.44. The van der Waals surface area contributed by atoms with E-state index < -0.39 is 0 Å². The Morgan fingerprint density at radius 2 is 1.54 bits per heavy atom. The molecule has 26 heavy (non-hydrogen) atoms. The highest BCUT2D eigenvalue weighted by atomic mass is 16.5. The summed E-state index contributed by atoms with van der Waals surface area (Å²) < 4.78 is 6.59. The second-order valence-electron chi connectivity index (χ2n) is 9.56. The van der Waals surface area contributed by atoms with Crippen molar-refractivity contribution in [3.63, 3.8) is 0 Å². The third-order valence-corrected chi connectivity index (χ3v) is 7.44. The number of hydrogen-bond acceptors (Lipinski definition) is 3. The molecule has 0 unspecified atom stereocenters. The van der Waals surface area contributed by atoms with Gasteiger partial charge in [0.25, 0.3) is 0 Å². The topological polar surface area (TPSA) is 24.5 Å². The lowest BCUT2D eigenvalue weighted by atomic mass is 9.54. The van der Waals surface area contributed by atoms with Crippen molar-refractivity contribution in [1.29, 1.82) is 0 Å². The van der Waals surface area contributed by atoms with Gasteiger partial charge in [0.1, 0.15) is 0 Å². The standard InChI is InChI=1S/C23H34N2O/c1-2-9-25(8-1)10-7-24-22-5-3-18(4-6-22)17-26-23-14-19-11-20(15-23)13-21(12-19)16-23/h3-6,19-21,24H,1-2,7-17H2. The Hall–Kier alpha value is -1.06. The van der Waals surface area contributed by atoms with Crippen LogP contribution in [0, 0.1) is 17.8 Å². The van der Waals surface area contributed by atoms with Crippen molar-refractivity contribution in [2.75, 3.05) is 31.5 Å². The quantitative estimate of drug-likeness (QED) is 0.769. The maximum atomic E-state index is 6.59. The molecule has 4 saturated carbocycles. The van der Waals surface area contributed by atoms with Gasteiger partial charge in [0.15, 0.2) is 0 Å². The van der Waals surface area contributed by atoms with E-state index in [0.717, 1.165) is 37.5 Å². The maximum absolute atomic E-state index is 6.59. The van der Waals surface area contributed by atoms with E-state index in [4.69, 9.17) is 4.74 Å². The van der Waals surface area contributed by atoms with Gasteiger partial charge in [-0.2, -0.15) is 0 Å². The van der Waals surface area contributed by atoms with Crippen LogP contribution >= 0.6 is 0 Å². The smallest absolute Gasteiger partial charge is 0.0724 e. The van der Waals surface area contributed by atoms with Gasteiger partial charge in [-0.25, -0.2) is 0 Å². The normalized spacial score (nSPS) is 35.9. The number of nitrogens with zero attached hydrogens (tertiary/aromatic N) is 1. The summed E-state index contributed by atoms with van der Waals surface area (Å²) in [6, 6.07) is 8.95. The molecule has 4 bridgehead atoms. The lowest BCUT2D eigenvalue weighted by Crippen LogP contribution is -2.51. The molecule has 5 aliphatic rings. The minimum Gasteiger partial charge on any atom is -0.384 e. The van der Waals surface area contributed by atoms with Crippen LogP contribution in [0.25, 0.3) is 0 Å². The number of likely N-dealkylation sites (tertiary alicyclic amines) is 1. The Labute approximate surface area is 158 Å². The molecule has 5 fully saturated rings. The van der Waals surface area contributed by atoms with Gasteiger partial charge in [-0.05, 0) is 99.9 Å². The molecule has 1 aromatic carbocycles. The number of benzene rings is 1. The number of rotatable bonds is 7. The zero-order chi connectivity index (χ0) is 17.4. The molecular weight excluding hydrogens is 320 g/mol. The second-order valence-corrected chi connectivity index (χ2v) is 9.56. The predicted octanol–water partition coefficient (Wildman–Crippen LogP) is 4.68. The van der Waals surface area contributed by atoms with Crippen molar-refractivity contribution in [2.45, 2.75) is 63.6 Å². The Kier molecular flexibility index (Phi) is 4.70. The van der Waals surface area contributed by atoms with E-state index in [9.17, 15) is 0 Å². The summed E-state index contributed by atoms with van der Waals surface area (Å²) in [5.41, 5.74) is 2.79. The highest BCUT2D eigenvalue weighted by Gasteiger charge is 2.51. The molecule has 1 N–H and O–H groups in total. The predicted molar refractivity (Wildman–Crippen MR) is 106 cm³/mol. The van der Waals surface area contributed by atoms with E-state index in [2.05, 4.69) is 34.5 Å². The summed E-state index contributed by atoms with van der Waals surface area (Å²) in [5, 5.41) is 3.57. The first-order chi connectivity index (χ1) is 12.8. The van der Waals surface area contributed by atoms with Crippen molar-refractivity contribution in [2.24, 2.45) is 17.8 Å². The van der Waals surface area contributed by atoms with Gasteiger partial charge in [-0.1, -0.05) is 12.1 Å². The summed E-state index contributed by atoms with van der Waals surface area (Å²) in [6.07, 6.45) is 11.2. The first kappa shape index (κ1) is 17.1. The van der Waals surface area contributed by atoms with Crippen LogP contribution in [-0.2, 0) is 11.3 Å². The van der Waals surface area contributed by atoms with E-state index in [1.807, 2.05) is 0 Å². The molecule has 0 atom stereocenters. The van der Waals surface area contributed by atoms with Crippen LogP contribution in [-0.4, -0.2) is 36.7 Å². The van der Waals surface area contributed by atoms with E-state index in [1.165, 1.54) is 75.7 Å². The summed E-state index contributed by atoms with van der Waals surface area (Å²) >= 11 is 0. The Bertz CT molecular complexity index is 570. The van der Waals surface area contributed by atoms with Crippen LogP contribution in [0.4, 0.5) is 5.69 Å². The summed E-state index contributed by atoms with van der Waals surface area (Å²) in [7, 11) is 0. The Morgan fingerprint density at radius 3 is 2.15 bits per heavy atom. The van der Waals surface area contributed by atoms with E-state index >= 15 is 0 Å². The van der Waals surface area contributed by atoms with Gasteiger partial charge in [0.2, 0.25) is 0 Å². The summed E-state index contributed by atoms with van der Waals surface area (Å²) in [6.45, 7) is 5.56. The minimum atomic E-state index is 0.224. The van der Waals surface area contributed by atoms with Gasteiger partial charge >= 0.3 is 0 Å². The summed E-state index contributed by atoms with van der Waals surface area (Å²) in [4.78, 5) is 2.56. The van der Waals surface area contributed by atoms with Gasteiger partial charge in [0, 0.05) is 18.8 Å². The first-order valence-corrected chi connectivity index (χ1v) is 11.0. The largest absolute Gasteiger partial charge is 0.384 e. The third-order valence-electron chi connectivity index (χ3n) is 7.44. The zero-order valence-electron chi connectivity index (χ0n) is 16.1. The lowest BCUT2D eigenvalue weighted by Gasteiger charge is -2.56. The summed E-state index contributed by atoms with van der Waals surface area (Å²) in [5.74, 6) is 2.88. The highest BCUT2D eigenvalue weighted by Crippen LogP contribution is 2.57. The van der Waals surface area contributed by atoms with Gasteiger partial charge < -0.3 is 15.0 Å². The third kappa shape index (κ3) is 3.66. The molecule has 1 aliphatic heterocycles.